The number of hydrogen-bond acceptors (Lipinski definition) is 9. The molecular formula is C19H21N2O6PS3. The van der Waals surface area contributed by atoms with Crippen molar-refractivity contribution in [2.24, 2.45) is 0 Å². The second kappa shape index (κ2) is 10.6. The number of ether oxygens (including phenoxy) is 1. The SMILES string of the molecule is CCSP(=O)(Oc1ccc(OC)cc1)SCn1c(=O)on(-c2cccc(SC)c2)c1=O. The lowest BCUT2D eigenvalue weighted by molar-refractivity contribution is 0.312. The van der Waals surface area contributed by atoms with Crippen molar-refractivity contribution in [2.45, 2.75) is 17.7 Å². The van der Waals surface area contributed by atoms with Crippen LogP contribution < -0.4 is 20.7 Å². The molecule has 0 N–H and O–H groups in total. The number of hydrogen-bond donors (Lipinski definition) is 0. The van der Waals surface area contributed by atoms with Gasteiger partial charge < -0.3 is 13.8 Å². The van der Waals surface area contributed by atoms with Gasteiger partial charge in [-0.25, -0.2) is 14.2 Å². The second-order valence-electron chi connectivity index (χ2n) is 5.95. The number of methoxy groups -OCH3 is 1. The summed E-state index contributed by atoms with van der Waals surface area (Å²) >= 11 is 3.54. The summed E-state index contributed by atoms with van der Waals surface area (Å²) in [6, 6.07) is 13.8. The molecule has 0 radical (unpaired) electrons. The number of nitrogens with zero attached hydrogens (tertiary/aromatic N) is 2. The van der Waals surface area contributed by atoms with Crippen molar-refractivity contribution >= 4 is 40.3 Å². The monoisotopic (exact) mass is 500 g/mol. The minimum absolute atomic E-state index is 0.170. The molecule has 8 nitrogen and oxygen atoms in total. The quantitative estimate of drug-likeness (QED) is 0.283. The summed E-state index contributed by atoms with van der Waals surface area (Å²) in [7, 11) is 1.55. The van der Waals surface area contributed by atoms with E-state index in [4.69, 9.17) is 13.8 Å². The van der Waals surface area contributed by atoms with Crippen LogP contribution in [0.25, 0.3) is 5.69 Å². The highest BCUT2D eigenvalue weighted by molar-refractivity contribution is 8.89. The van der Waals surface area contributed by atoms with Crippen LogP contribution in [0.3, 0.4) is 0 Å². The van der Waals surface area contributed by atoms with Gasteiger partial charge in [0.25, 0.3) is 0 Å². The highest BCUT2D eigenvalue weighted by Gasteiger charge is 2.28. The number of benzene rings is 2. The van der Waals surface area contributed by atoms with E-state index >= 15 is 0 Å². The second-order valence-corrected chi connectivity index (χ2v) is 14.4. The van der Waals surface area contributed by atoms with E-state index in [0.29, 0.717) is 22.9 Å². The third kappa shape index (κ3) is 5.85. The summed E-state index contributed by atoms with van der Waals surface area (Å²) in [6.45, 7) is 1.85. The van der Waals surface area contributed by atoms with Gasteiger partial charge in [-0.3, -0.25) is 4.57 Å². The summed E-state index contributed by atoms with van der Waals surface area (Å²) in [5.41, 5.74) is -0.202. The van der Waals surface area contributed by atoms with Gasteiger partial charge in [-0.15, -0.1) is 16.5 Å². The predicted molar refractivity (Wildman–Crippen MR) is 127 cm³/mol. The average Bonchev–Trinajstić information content (AvgIpc) is 3.06. The molecule has 0 spiro atoms. The van der Waals surface area contributed by atoms with Crippen LogP contribution in [0, 0.1) is 0 Å². The molecule has 0 bridgehead atoms. The van der Waals surface area contributed by atoms with E-state index in [9.17, 15) is 14.2 Å². The maximum Gasteiger partial charge on any atom is 0.443 e. The zero-order valence-electron chi connectivity index (χ0n) is 17.0. The van der Waals surface area contributed by atoms with Crippen molar-refractivity contribution in [3.63, 3.8) is 0 Å². The summed E-state index contributed by atoms with van der Waals surface area (Å²) in [4.78, 5) is 26.0. The Morgan fingerprint density at radius 1 is 1.06 bits per heavy atom. The fraction of sp³-hybridized carbons (Fsp3) is 0.263. The molecule has 1 unspecified atom stereocenters. The Labute approximate surface area is 191 Å². The Morgan fingerprint density at radius 2 is 1.77 bits per heavy atom. The molecule has 166 valence electrons. The lowest BCUT2D eigenvalue weighted by atomic mass is 10.3. The van der Waals surface area contributed by atoms with Crippen molar-refractivity contribution in [2.75, 3.05) is 19.1 Å². The molecule has 0 saturated carbocycles. The van der Waals surface area contributed by atoms with E-state index in [1.54, 1.807) is 49.6 Å². The molecule has 12 heteroatoms. The molecule has 0 aliphatic carbocycles. The minimum Gasteiger partial charge on any atom is -0.497 e. The van der Waals surface area contributed by atoms with E-state index in [0.717, 1.165) is 37.0 Å². The van der Waals surface area contributed by atoms with Crippen molar-refractivity contribution in [1.29, 1.82) is 0 Å². The third-order valence-electron chi connectivity index (χ3n) is 3.99. The molecule has 1 atom stereocenters. The van der Waals surface area contributed by atoms with Crippen LogP contribution in [0.15, 0.2) is 67.5 Å². The first-order valence-corrected chi connectivity index (χ1v) is 15.1. The molecule has 0 saturated heterocycles. The molecule has 2 aromatic carbocycles. The predicted octanol–water partition coefficient (Wildman–Crippen LogP) is 4.95. The zero-order chi connectivity index (χ0) is 22.4. The molecule has 3 aromatic rings. The van der Waals surface area contributed by atoms with Crippen molar-refractivity contribution in [3.8, 4) is 17.2 Å². The topological polar surface area (TPSA) is 92.7 Å². The molecule has 1 heterocycles. The van der Waals surface area contributed by atoms with Gasteiger partial charge >= 0.3 is 17.2 Å². The van der Waals surface area contributed by atoms with E-state index in [1.165, 1.54) is 11.8 Å². The van der Waals surface area contributed by atoms with Gasteiger partial charge in [-0.1, -0.05) is 13.0 Å². The van der Waals surface area contributed by atoms with Crippen LogP contribution in [0.5, 0.6) is 11.5 Å². The molecule has 0 amide bonds. The Bertz CT molecular complexity index is 1190. The van der Waals surface area contributed by atoms with Crippen LogP contribution in [0.1, 0.15) is 6.92 Å². The smallest absolute Gasteiger partial charge is 0.443 e. The van der Waals surface area contributed by atoms with E-state index in [-0.39, 0.29) is 5.88 Å². The van der Waals surface area contributed by atoms with Crippen LogP contribution in [-0.4, -0.2) is 28.4 Å². The van der Waals surface area contributed by atoms with Gasteiger partial charge in [0, 0.05) is 10.6 Å². The molecule has 1 aromatic heterocycles. The van der Waals surface area contributed by atoms with E-state index in [1.807, 2.05) is 19.2 Å². The van der Waals surface area contributed by atoms with Crippen molar-refractivity contribution in [3.05, 3.63) is 69.6 Å². The Hall–Kier alpha value is -1.94. The zero-order valence-corrected chi connectivity index (χ0v) is 20.4. The highest BCUT2D eigenvalue weighted by Crippen LogP contribution is 2.69. The standard InChI is InChI=1S/C19H21N2O6PS3/c1-4-30-28(24,27-16-10-8-15(25-2)9-11-16)31-13-20-18(22)21(26-19(20)23)14-6-5-7-17(12-14)29-3/h5-12H,4,13H2,1-3H3. The Kier molecular flexibility index (Phi) is 8.10. The van der Waals surface area contributed by atoms with Crippen molar-refractivity contribution < 1.29 is 18.3 Å². The largest absolute Gasteiger partial charge is 0.497 e. The fourth-order valence-corrected chi connectivity index (χ4v) is 9.13. The summed E-state index contributed by atoms with van der Waals surface area (Å²) in [6.07, 6.45) is 1.91. The Balaban J connectivity index is 1.81. The fourth-order valence-electron chi connectivity index (χ4n) is 2.50. The van der Waals surface area contributed by atoms with Gasteiger partial charge in [0.2, 0.25) is 0 Å². The third-order valence-corrected chi connectivity index (χ3v) is 11.8. The lowest BCUT2D eigenvalue weighted by Crippen LogP contribution is -2.27. The number of aromatic nitrogens is 2. The minimum atomic E-state index is -3.31. The first kappa shape index (κ1) is 23.7. The lowest BCUT2D eigenvalue weighted by Gasteiger charge is -2.17. The molecule has 3 rings (SSSR count). The van der Waals surface area contributed by atoms with Crippen molar-refractivity contribution in [1.82, 2.24) is 9.31 Å². The maximum atomic E-state index is 13.3. The average molecular weight is 501 g/mol. The Morgan fingerprint density at radius 3 is 2.42 bits per heavy atom. The van der Waals surface area contributed by atoms with Crippen LogP contribution in [-0.2, 0) is 10.4 Å². The summed E-state index contributed by atoms with van der Waals surface area (Å²) in [5, 5.41) is 0. The number of thioether (sulfide) groups is 1. The summed E-state index contributed by atoms with van der Waals surface area (Å²) < 4.78 is 31.1. The number of rotatable bonds is 10. The van der Waals surface area contributed by atoms with Crippen LogP contribution >= 0.6 is 40.3 Å². The summed E-state index contributed by atoms with van der Waals surface area (Å²) in [5.74, 6) is -2.72. The van der Waals surface area contributed by atoms with Crippen LogP contribution in [0.4, 0.5) is 0 Å². The molecule has 0 fully saturated rings. The van der Waals surface area contributed by atoms with Gasteiger partial charge in [0.05, 0.1) is 18.7 Å². The highest BCUT2D eigenvalue weighted by atomic mass is 33.1. The van der Waals surface area contributed by atoms with Crippen LogP contribution in [0.2, 0.25) is 0 Å². The first-order valence-electron chi connectivity index (χ1n) is 9.09. The van der Waals surface area contributed by atoms with Gasteiger partial charge in [0.15, 0.2) is 0 Å². The first-order chi connectivity index (χ1) is 14.9. The normalized spacial score (nSPS) is 13.0. The van der Waals surface area contributed by atoms with Gasteiger partial charge in [0.1, 0.15) is 11.5 Å². The maximum absolute atomic E-state index is 13.3. The molecule has 0 aliphatic rings. The molecule has 31 heavy (non-hydrogen) atoms. The van der Waals surface area contributed by atoms with E-state index in [2.05, 4.69) is 0 Å². The molecule has 0 aliphatic heterocycles. The molecular weight excluding hydrogens is 479 g/mol. The van der Waals surface area contributed by atoms with Gasteiger partial charge in [-0.05, 0) is 71.5 Å². The van der Waals surface area contributed by atoms with Gasteiger partial charge in [-0.2, -0.15) is 0 Å². The van der Waals surface area contributed by atoms with E-state index < -0.39 is 17.2 Å².